The minimum atomic E-state index is -0.293. The van der Waals surface area contributed by atoms with Crippen LogP contribution in [0.5, 0.6) is 0 Å². The Balaban J connectivity index is 0.857. The summed E-state index contributed by atoms with van der Waals surface area (Å²) in [5, 5.41) is 58.2. The molecule has 12 nitrogen and oxygen atoms in total. The van der Waals surface area contributed by atoms with Gasteiger partial charge in [0.1, 0.15) is 86.2 Å². The number of hydrogen-bond acceptors (Lipinski definition) is 15. The molecule has 0 saturated heterocycles. The second kappa shape index (κ2) is 28.6. The van der Waals surface area contributed by atoms with Crippen LogP contribution in [0.4, 0.5) is 0 Å². The molecule has 0 bridgehead atoms. The molecule has 15 heteroatoms. The van der Waals surface area contributed by atoms with Gasteiger partial charge in [-0.1, -0.05) is 189 Å². The van der Waals surface area contributed by atoms with Crippen molar-refractivity contribution < 1.29 is 0 Å². The fraction of sp³-hybridized carbons (Fsp3) is 0.226. The van der Waals surface area contributed by atoms with Gasteiger partial charge in [-0.25, -0.2) is 0 Å². The Labute approximate surface area is 641 Å². The van der Waals surface area contributed by atoms with E-state index in [4.69, 9.17) is 26.2 Å². The summed E-state index contributed by atoms with van der Waals surface area (Å²) in [6.07, 6.45) is 16.4. The Hall–Kier alpha value is -12.2. The third-order valence-electron chi connectivity index (χ3n) is 23.0. The zero-order valence-electron chi connectivity index (χ0n) is 60.9. The average Bonchev–Trinajstić information content (AvgIpc) is 1.57. The molecule has 0 amide bonds. The average molecular weight is 1450 g/mol. The second-order valence-electron chi connectivity index (χ2n) is 28.9. The number of nitrogens with zero attached hydrogens (tertiary/aromatic N) is 12. The Bertz CT molecular complexity index is 5610. The maximum Gasteiger partial charge on any atom is 0.130 e. The zero-order chi connectivity index (χ0) is 74.6. The Morgan fingerprint density at radius 2 is 0.463 bits per heavy atom. The number of hydrogen-bond donors (Lipinski definition) is 0. The summed E-state index contributed by atoms with van der Waals surface area (Å²) < 4.78 is 28.5. The molecule has 0 aliphatic heterocycles. The molecule has 10 aromatic carbocycles. The quantitative estimate of drug-likeness (QED) is 0.0613. The van der Waals surface area contributed by atoms with E-state index in [1.165, 1.54) is 66.8 Å². The fourth-order valence-corrected chi connectivity index (χ4v) is 20.4. The number of aromatic nitrogens is 6. The molecule has 0 fully saturated rings. The normalized spacial score (nSPS) is 13.3. The molecule has 0 unspecified atom stereocenters. The molecule has 0 saturated carbocycles. The van der Waals surface area contributed by atoms with Gasteiger partial charge in [-0.15, -0.1) is 0 Å². The first-order valence-corrected chi connectivity index (χ1v) is 39.5. The monoisotopic (exact) mass is 1450 g/mol. The van der Waals surface area contributed by atoms with Crippen LogP contribution in [-0.2, 0) is 16.2 Å². The number of benzene rings is 10. The van der Waals surface area contributed by atoms with Crippen LogP contribution in [0, 0.1) is 68.0 Å². The van der Waals surface area contributed by atoms with Gasteiger partial charge in [-0.05, 0) is 228 Å². The lowest BCUT2D eigenvalue weighted by atomic mass is 9.70. The summed E-state index contributed by atoms with van der Waals surface area (Å²) in [6.45, 7) is 13.8. The Morgan fingerprint density at radius 1 is 0.259 bits per heavy atom. The van der Waals surface area contributed by atoms with Crippen molar-refractivity contribution >= 4 is 86.5 Å². The van der Waals surface area contributed by atoms with Crippen molar-refractivity contribution in [1.29, 1.82) is 31.6 Å². The van der Waals surface area contributed by atoms with Crippen molar-refractivity contribution in [2.24, 2.45) is 0 Å². The van der Waals surface area contributed by atoms with Gasteiger partial charge in [0.25, 0.3) is 0 Å². The minimum Gasteiger partial charge on any atom is -0.192 e. The molecule has 0 atom stereocenters. The van der Waals surface area contributed by atoms with Crippen LogP contribution in [0.15, 0.2) is 181 Å². The lowest BCUT2D eigenvalue weighted by Crippen LogP contribution is -2.25. The van der Waals surface area contributed by atoms with Crippen molar-refractivity contribution in [3.8, 4) is 137 Å². The second-order valence-corrected chi connectivity index (χ2v) is 30.5. The third-order valence-corrected chi connectivity index (χ3v) is 24.6. The summed E-state index contributed by atoms with van der Waals surface area (Å²) in [7, 11) is 0. The molecule has 16 rings (SSSR count). The molecule has 522 valence electrons. The van der Waals surface area contributed by atoms with Crippen LogP contribution < -0.4 is 0 Å². The highest BCUT2D eigenvalue weighted by Crippen LogP contribution is 2.60. The molecular formula is C93H72N12S3. The van der Waals surface area contributed by atoms with Gasteiger partial charge in [0.05, 0.1) is 35.2 Å². The maximum absolute atomic E-state index is 9.69. The van der Waals surface area contributed by atoms with E-state index in [0.717, 1.165) is 196 Å². The van der Waals surface area contributed by atoms with Gasteiger partial charge >= 0.3 is 0 Å². The van der Waals surface area contributed by atoms with E-state index in [1.807, 2.05) is 54.6 Å². The van der Waals surface area contributed by atoms with Crippen molar-refractivity contribution in [3.05, 3.63) is 231 Å². The van der Waals surface area contributed by atoms with Gasteiger partial charge in [0.2, 0.25) is 0 Å². The van der Waals surface area contributed by atoms with Crippen molar-refractivity contribution in [1.82, 2.24) is 26.2 Å². The largest absolute Gasteiger partial charge is 0.192 e. The third kappa shape index (κ3) is 11.4. The highest BCUT2D eigenvalue weighted by atomic mass is 32.1. The smallest absolute Gasteiger partial charge is 0.130 e. The predicted octanol–water partition coefficient (Wildman–Crippen LogP) is 24.6. The molecule has 0 spiro atoms. The molecule has 3 heterocycles. The lowest BCUT2D eigenvalue weighted by Gasteiger charge is -2.33. The van der Waals surface area contributed by atoms with E-state index in [9.17, 15) is 31.6 Å². The van der Waals surface area contributed by atoms with Crippen LogP contribution >= 0.6 is 35.2 Å². The summed E-state index contributed by atoms with van der Waals surface area (Å²) in [4.78, 5) is 0. The van der Waals surface area contributed by atoms with Gasteiger partial charge in [-0.2, -0.15) is 57.8 Å². The van der Waals surface area contributed by atoms with E-state index in [-0.39, 0.29) is 33.0 Å². The van der Waals surface area contributed by atoms with Crippen molar-refractivity contribution in [2.45, 2.75) is 135 Å². The molecule has 3 aliphatic carbocycles. The molecule has 3 aromatic heterocycles. The molecule has 0 radical (unpaired) electrons. The summed E-state index contributed by atoms with van der Waals surface area (Å²) in [6, 6.07) is 73.9. The first-order chi connectivity index (χ1) is 52.9. The first-order valence-electron chi connectivity index (χ1n) is 37.3. The SMILES string of the molecule is CCCC1(CCC)c2cc(-c3cc(-c4ccc5c(c4)C(CCC)(CCC)c4cc(-c6ccc(C=C(C#N)C#N)c7nsnc67)ccc4-5)cc(-c4ccc5c(c4)C(CCC)(CCC)c4cc(-c6ccc(C=C(C#N)C#N)c7nsnc67)ccc4-5)c3)ccc2-c2ccc(-c3ccc(C=C(C#N)C#N)c4nsnc34)cc21. The standard InChI is InChI=1S/C93H72N12S3/c1-7-31-91(32-8-2)79-43-58(13-25-73(79)76-28-16-61(46-82(76)91)70-22-19-64(37-55(49-94)50-95)85-88(70)103-106-100-85)67-40-68(59-14-26-74-77-29-17-62(47-83(77)92(33-9-3,34-10-4)80(74)44-59)71-23-20-65(38-56(51-96)52-97)86-89(71)104-107-101-86)42-69(41-67)60-15-27-75-78-30-18-63(48-84(78)93(35-11-5,36-12-6)81(75)45-60)72-24-21-66(39-57(53-98)54-99)87-90(72)105-108-102-87/h13-30,37-48H,7-12,31-36H2,1-6H3. The fourth-order valence-electron chi connectivity index (χ4n) is 18.6. The Kier molecular flexibility index (Phi) is 18.6. The predicted molar refractivity (Wildman–Crippen MR) is 438 cm³/mol. The van der Waals surface area contributed by atoms with E-state index in [0.29, 0.717) is 33.2 Å². The summed E-state index contributed by atoms with van der Waals surface area (Å²) >= 11 is 3.41. The first kappa shape index (κ1) is 70.1. The molecule has 0 N–H and O–H groups in total. The minimum absolute atomic E-state index is 0.0143. The van der Waals surface area contributed by atoms with Gasteiger partial charge in [-0.3, -0.25) is 0 Å². The summed E-state index contributed by atoms with van der Waals surface area (Å²) in [5.41, 5.74) is 33.9. The highest BCUT2D eigenvalue weighted by molar-refractivity contribution is 7.00. The van der Waals surface area contributed by atoms with Crippen molar-refractivity contribution in [2.75, 3.05) is 0 Å². The van der Waals surface area contributed by atoms with Crippen molar-refractivity contribution in [3.63, 3.8) is 0 Å². The van der Waals surface area contributed by atoms with E-state index in [2.05, 4.69) is 187 Å². The van der Waals surface area contributed by atoms with E-state index >= 15 is 0 Å². The Morgan fingerprint density at radius 3 is 0.685 bits per heavy atom. The van der Waals surface area contributed by atoms with Crippen LogP contribution in [0.25, 0.3) is 151 Å². The van der Waals surface area contributed by atoms with E-state index < -0.39 is 0 Å². The number of rotatable bonds is 21. The number of nitriles is 6. The topological polar surface area (TPSA) is 220 Å². The highest BCUT2D eigenvalue weighted by Gasteiger charge is 2.46. The van der Waals surface area contributed by atoms with Gasteiger partial charge in [0, 0.05) is 49.6 Å². The van der Waals surface area contributed by atoms with Gasteiger partial charge in [0.15, 0.2) is 0 Å². The van der Waals surface area contributed by atoms with Crippen LogP contribution in [0.1, 0.15) is 169 Å². The number of fused-ring (bicyclic) bond motifs is 12. The van der Waals surface area contributed by atoms with E-state index in [1.54, 1.807) is 18.2 Å². The molecule has 108 heavy (non-hydrogen) atoms. The van der Waals surface area contributed by atoms with Crippen LogP contribution in [0.3, 0.4) is 0 Å². The lowest BCUT2D eigenvalue weighted by molar-refractivity contribution is 0.436. The zero-order valence-corrected chi connectivity index (χ0v) is 63.3. The molecule has 13 aromatic rings. The summed E-state index contributed by atoms with van der Waals surface area (Å²) in [5.74, 6) is 0. The van der Waals surface area contributed by atoms with Crippen LogP contribution in [-0.4, -0.2) is 26.2 Å². The maximum atomic E-state index is 9.69. The van der Waals surface area contributed by atoms with Gasteiger partial charge < -0.3 is 0 Å². The van der Waals surface area contributed by atoms with Crippen LogP contribution in [0.2, 0.25) is 0 Å². The molecule has 3 aliphatic rings. The number of allylic oxidation sites excluding steroid dienone is 3. The molecular weight excluding hydrogens is 1380 g/mol.